The van der Waals surface area contributed by atoms with Crippen molar-refractivity contribution < 1.29 is 24.2 Å². The van der Waals surface area contributed by atoms with Gasteiger partial charge < -0.3 is 19.9 Å². The van der Waals surface area contributed by atoms with Crippen molar-refractivity contribution in [2.24, 2.45) is 0 Å². The SMILES string of the molecule is CCOc1cc(C=C(NC(=O)c2ccccc2)C(=O)O)ccc1OCc1ccc(C)cc1. The molecule has 164 valence electrons. The lowest BCUT2D eigenvalue weighted by atomic mass is 10.1. The van der Waals surface area contributed by atoms with Crippen LogP contribution in [0.3, 0.4) is 0 Å². The Hall–Kier alpha value is -4.06. The number of hydrogen-bond donors (Lipinski definition) is 2. The standard InChI is InChI=1S/C26H25NO5/c1-3-31-24-16-20(13-14-23(24)32-17-19-11-9-18(2)10-12-19)15-22(26(29)30)27-25(28)21-7-5-4-6-8-21/h4-16H,3,17H2,1-2H3,(H,27,28)(H,29,30). The van der Waals surface area contributed by atoms with Crippen molar-refractivity contribution >= 4 is 18.0 Å². The molecule has 0 saturated heterocycles. The number of carbonyl (C=O) groups excluding carboxylic acids is 1. The Kier molecular flexibility index (Phi) is 7.65. The molecule has 0 unspecified atom stereocenters. The first-order valence-electron chi connectivity index (χ1n) is 10.2. The number of aliphatic carboxylic acids is 1. The van der Waals surface area contributed by atoms with E-state index in [-0.39, 0.29) is 5.70 Å². The summed E-state index contributed by atoms with van der Waals surface area (Å²) in [7, 11) is 0. The van der Waals surface area contributed by atoms with Gasteiger partial charge in [0.05, 0.1) is 6.61 Å². The van der Waals surface area contributed by atoms with E-state index in [1.807, 2.05) is 38.1 Å². The van der Waals surface area contributed by atoms with Crippen molar-refractivity contribution in [2.45, 2.75) is 20.5 Å². The van der Waals surface area contributed by atoms with Crippen molar-refractivity contribution in [3.8, 4) is 11.5 Å². The normalized spacial score (nSPS) is 11.0. The van der Waals surface area contributed by atoms with Gasteiger partial charge >= 0.3 is 5.97 Å². The Morgan fingerprint density at radius 3 is 2.31 bits per heavy atom. The van der Waals surface area contributed by atoms with E-state index in [1.54, 1.807) is 48.5 Å². The van der Waals surface area contributed by atoms with Gasteiger partial charge in [0.1, 0.15) is 12.3 Å². The largest absolute Gasteiger partial charge is 0.490 e. The summed E-state index contributed by atoms with van der Waals surface area (Å²) in [6.07, 6.45) is 1.38. The first-order chi connectivity index (χ1) is 15.5. The summed E-state index contributed by atoms with van der Waals surface area (Å²) in [6.45, 7) is 4.68. The fourth-order valence-electron chi connectivity index (χ4n) is 2.95. The van der Waals surface area contributed by atoms with Crippen LogP contribution in [0, 0.1) is 6.92 Å². The van der Waals surface area contributed by atoms with Crippen LogP contribution in [-0.4, -0.2) is 23.6 Å². The number of amides is 1. The van der Waals surface area contributed by atoms with Gasteiger partial charge in [0, 0.05) is 5.56 Å². The summed E-state index contributed by atoms with van der Waals surface area (Å²) in [5.41, 5.74) is 2.89. The summed E-state index contributed by atoms with van der Waals surface area (Å²) < 4.78 is 11.6. The topological polar surface area (TPSA) is 84.9 Å². The molecule has 3 rings (SSSR count). The van der Waals surface area contributed by atoms with Gasteiger partial charge in [0.15, 0.2) is 11.5 Å². The van der Waals surface area contributed by atoms with E-state index >= 15 is 0 Å². The van der Waals surface area contributed by atoms with Gasteiger partial charge in [-0.3, -0.25) is 4.79 Å². The molecule has 6 heteroatoms. The number of rotatable bonds is 9. The van der Waals surface area contributed by atoms with Crippen LogP contribution in [0.15, 0.2) is 78.5 Å². The molecule has 0 aliphatic carbocycles. The van der Waals surface area contributed by atoms with E-state index in [9.17, 15) is 14.7 Å². The molecule has 6 nitrogen and oxygen atoms in total. The van der Waals surface area contributed by atoms with Crippen LogP contribution in [0.25, 0.3) is 6.08 Å². The molecule has 0 atom stereocenters. The van der Waals surface area contributed by atoms with E-state index in [0.717, 1.165) is 5.56 Å². The van der Waals surface area contributed by atoms with Gasteiger partial charge in [0.25, 0.3) is 5.91 Å². The second kappa shape index (κ2) is 10.8. The van der Waals surface area contributed by atoms with Crippen LogP contribution in [0.5, 0.6) is 11.5 Å². The minimum Gasteiger partial charge on any atom is -0.490 e. The number of carboxylic acids is 1. The molecule has 0 aliphatic heterocycles. The highest BCUT2D eigenvalue weighted by Crippen LogP contribution is 2.30. The zero-order valence-electron chi connectivity index (χ0n) is 18.0. The maximum absolute atomic E-state index is 12.4. The lowest BCUT2D eigenvalue weighted by Gasteiger charge is -2.13. The molecule has 0 spiro atoms. The highest BCUT2D eigenvalue weighted by Gasteiger charge is 2.14. The molecule has 0 heterocycles. The van der Waals surface area contributed by atoms with E-state index in [4.69, 9.17) is 9.47 Å². The molecule has 32 heavy (non-hydrogen) atoms. The predicted molar refractivity (Wildman–Crippen MR) is 123 cm³/mol. The zero-order chi connectivity index (χ0) is 22.9. The third-order valence-electron chi connectivity index (χ3n) is 4.61. The molecule has 2 N–H and O–H groups in total. The van der Waals surface area contributed by atoms with E-state index in [0.29, 0.717) is 35.8 Å². The number of hydrogen-bond acceptors (Lipinski definition) is 4. The first-order valence-corrected chi connectivity index (χ1v) is 10.2. The van der Waals surface area contributed by atoms with Crippen LogP contribution in [0.4, 0.5) is 0 Å². The highest BCUT2D eigenvalue weighted by atomic mass is 16.5. The number of carbonyl (C=O) groups is 2. The molecule has 3 aromatic carbocycles. The van der Waals surface area contributed by atoms with Crippen molar-refractivity contribution in [3.05, 3.63) is 101 Å². The summed E-state index contributed by atoms with van der Waals surface area (Å²) in [6, 6.07) is 21.6. The average molecular weight is 431 g/mol. The maximum Gasteiger partial charge on any atom is 0.352 e. The van der Waals surface area contributed by atoms with E-state index in [2.05, 4.69) is 5.32 Å². The zero-order valence-corrected chi connectivity index (χ0v) is 18.0. The lowest BCUT2D eigenvalue weighted by Crippen LogP contribution is -2.27. The first kappa shape index (κ1) is 22.6. The van der Waals surface area contributed by atoms with Crippen molar-refractivity contribution in [1.82, 2.24) is 5.32 Å². The summed E-state index contributed by atoms with van der Waals surface area (Å²) in [5, 5.41) is 12.0. The third kappa shape index (κ3) is 6.22. The number of benzene rings is 3. The molecule has 3 aromatic rings. The smallest absolute Gasteiger partial charge is 0.352 e. The predicted octanol–water partition coefficient (Wildman–Crippen LogP) is 4.83. The maximum atomic E-state index is 12.4. The second-order valence-electron chi connectivity index (χ2n) is 7.10. The summed E-state index contributed by atoms with van der Waals surface area (Å²) >= 11 is 0. The Balaban J connectivity index is 1.79. The molecule has 0 radical (unpaired) electrons. The number of ether oxygens (including phenoxy) is 2. The monoisotopic (exact) mass is 431 g/mol. The molecular weight excluding hydrogens is 406 g/mol. The van der Waals surface area contributed by atoms with Gasteiger partial charge in [-0.05, 0) is 55.3 Å². The van der Waals surface area contributed by atoms with Gasteiger partial charge in [-0.25, -0.2) is 4.79 Å². The Bertz CT molecular complexity index is 1100. The molecular formula is C26H25NO5. The minimum atomic E-state index is -1.24. The highest BCUT2D eigenvalue weighted by molar-refractivity contribution is 6.02. The van der Waals surface area contributed by atoms with Gasteiger partial charge in [-0.15, -0.1) is 0 Å². The van der Waals surface area contributed by atoms with Crippen molar-refractivity contribution in [3.63, 3.8) is 0 Å². The number of aryl methyl sites for hydroxylation is 1. The van der Waals surface area contributed by atoms with Gasteiger partial charge in [0.2, 0.25) is 0 Å². The third-order valence-corrected chi connectivity index (χ3v) is 4.61. The Morgan fingerprint density at radius 1 is 0.938 bits per heavy atom. The van der Waals surface area contributed by atoms with Crippen LogP contribution in [0.2, 0.25) is 0 Å². The average Bonchev–Trinajstić information content (AvgIpc) is 2.80. The van der Waals surface area contributed by atoms with Crippen LogP contribution >= 0.6 is 0 Å². The van der Waals surface area contributed by atoms with E-state index in [1.165, 1.54) is 11.6 Å². The summed E-state index contributed by atoms with van der Waals surface area (Å²) in [5.74, 6) is -0.698. The van der Waals surface area contributed by atoms with Gasteiger partial charge in [-0.2, -0.15) is 0 Å². The lowest BCUT2D eigenvalue weighted by molar-refractivity contribution is -0.132. The van der Waals surface area contributed by atoms with Gasteiger partial charge in [-0.1, -0.05) is 54.1 Å². The minimum absolute atomic E-state index is 0.241. The Labute approximate surface area is 187 Å². The van der Waals surface area contributed by atoms with E-state index < -0.39 is 11.9 Å². The quantitative estimate of drug-likeness (QED) is 0.474. The fourth-order valence-corrected chi connectivity index (χ4v) is 2.95. The summed E-state index contributed by atoms with van der Waals surface area (Å²) in [4.78, 5) is 24.0. The number of carboxylic acid groups (broad SMARTS) is 1. The second-order valence-corrected chi connectivity index (χ2v) is 7.10. The molecule has 0 bridgehead atoms. The van der Waals surface area contributed by atoms with Crippen LogP contribution in [-0.2, 0) is 11.4 Å². The van der Waals surface area contributed by atoms with Crippen LogP contribution in [0.1, 0.15) is 34.0 Å². The molecule has 1 amide bonds. The van der Waals surface area contributed by atoms with Crippen LogP contribution < -0.4 is 14.8 Å². The molecule has 0 saturated carbocycles. The van der Waals surface area contributed by atoms with Crippen molar-refractivity contribution in [2.75, 3.05) is 6.61 Å². The molecule has 0 aliphatic rings. The molecule has 0 fully saturated rings. The van der Waals surface area contributed by atoms with Crippen molar-refractivity contribution in [1.29, 1.82) is 0 Å². The number of nitrogens with one attached hydrogen (secondary N) is 1. The fraction of sp³-hybridized carbons (Fsp3) is 0.154. The Morgan fingerprint density at radius 2 is 1.66 bits per heavy atom. The molecule has 0 aromatic heterocycles.